The van der Waals surface area contributed by atoms with Gasteiger partial charge in [0, 0.05) is 11.1 Å². The van der Waals surface area contributed by atoms with Crippen molar-refractivity contribution >= 4 is 11.8 Å². The minimum absolute atomic E-state index is 0.327. The number of carbonyl (C=O) groups excluding carboxylic acids is 2. The SMILES string of the molecule is NC(=O)c1cccc(-c2ccc(C(=O)NO)cc2)c1C1CCCCC1. The summed E-state index contributed by atoms with van der Waals surface area (Å²) in [4.78, 5) is 23.5. The molecule has 1 saturated carbocycles. The minimum Gasteiger partial charge on any atom is -0.366 e. The maximum absolute atomic E-state index is 12.0. The average Bonchev–Trinajstić information content (AvgIpc) is 2.67. The largest absolute Gasteiger partial charge is 0.366 e. The summed E-state index contributed by atoms with van der Waals surface area (Å²) in [6.07, 6.45) is 5.67. The van der Waals surface area contributed by atoms with Gasteiger partial charge >= 0.3 is 0 Å². The molecule has 0 bridgehead atoms. The molecule has 5 nitrogen and oxygen atoms in total. The number of nitrogens with two attached hydrogens (primary N) is 1. The van der Waals surface area contributed by atoms with E-state index in [1.807, 2.05) is 24.3 Å². The number of carbonyl (C=O) groups is 2. The predicted octanol–water partition coefficient (Wildman–Crippen LogP) is 3.62. The smallest absolute Gasteiger partial charge is 0.274 e. The molecular formula is C20H22N2O3. The number of benzene rings is 2. The third-order valence-electron chi connectivity index (χ3n) is 4.94. The molecule has 1 aliphatic rings. The van der Waals surface area contributed by atoms with Gasteiger partial charge in [0.05, 0.1) is 0 Å². The molecule has 0 heterocycles. The first-order valence-electron chi connectivity index (χ1n) is 8.59. The summed E-state index contributed by atoms with van der Waals surface area (Å²) in [5.74, 6) is -0.628. The minimum atomic E-state index is -0.551. The molecule has 2 amide bonds. The quantitative estimate of drug-likeness (QED) is 0.587. The molecule has 0 spiro atoms. The highest BCUT2D eigenvalue weighted by atomic mass is 16.5. The van der Waals surface area contributed by atoms with Crippen LogP contribution >= 0.6 is 0 Å². The van der Waals surface area contributed by atoms with E-state index in [4.69, 9.17) is 10.9 Å². The molecule has 2 aromatic carbocycles. The van der Waals surface area contributed by atoms with Crippen LogP contribution in [0.15, 0.2) is 42.5 Å². The zero-order valence-electron chi connectivity index (χ0n) is 14.0. The fourth-order valence-electron chi connectivity index (χ4n) is 3.73. The van der Waals surface area contributed by atoms with E-state index in [9.17, 15) is 9.59 Å². The van der Waals surface area contributed by atoms with E-state index in [1.54, 1.807) is 23.7 Å². The molecule has 0 aliphatic heterocycles. The van der Waals surface area contributed by atoms with Crippen molar-refractivity contribution in [1.82, 2.24) is 5.48 Å². The van der Waals surface area contributed by atoms with Crippen molar-refractivity contribution < 1.29 is 14.8 Å². The van der Waals surface area contributed by atoms with Crippen LogP contribution in [0.25, 0.3) is 11.1 Å². The zero-order chi connectivity index (χ0) is 17.8. The van der Waals surface area contributed by atoms with E-state index < -0.39 is 11.8 Å². The number of hydrogen-bond acceptors (Lipinski definition) is 3. The second-order valence-electron chi connectivity index (χ2n) is 6.48. The van der Waals surface area contributed by atoms with Crippen LogP contribution in [0.4, 0.5) is 0 Å². The van der Waals surface area contributed by atoms with Gasteiger partial charge in [0.25, 0.3) is 5.91 Å². The fraction of sp³-hybridized carbons (Fsp3) is 0.300. The number of amides is 2. The van der Waals surface area contributed by atoms with Crippen LogP contribution in [0.5, 0.6) is 0 Å². The van der Waals surface area contributed by atoms with Crippen molar-refractivity contribution in [3.8, 4) is 11.1 Å². The van der Waals surface area contributed by atoms with E-state index >= 15 is 0 Å². The molecule has 3 rings (SSSR count). The second-order valence-corrected chi connectivity index (χ2v) is 6.48. The highest BCUT2D eigenvalue weighted by Gasteiger charge is 2.24. The molecule has 1 fully saturated rings. The molecule has 4 N–H and O–H groups in total. The summed E-state index contributed by atoms with van der Waals surface area (Å²) < 4.78 is 0. The Morgan fingerprint density at radius 1 is 1.00 bits per heavy atom. The van der Waals surface area contributed by atoms with Gasteiger partial charge in [-0.2, -0.15) is 0 Å². The van der Waals surface area contributed by atoms with Crippen LogP contribution in [-0.2, 0) is 0 Å². The molecule has 1 aliphatic carbocycles. The predicted molar refractivity (Wildman–Crippen MR) is 95.5 cm³/mol. The number of hydrogen-bond donors (Lipinski definition) is 3. The molecule has 0 unspecified atom stereocenters. The maximum Gasteiger partial charge on any atom is 0.274 e. The van der Waals surface area contributed by atoms with Gasteiger partial charge in [-0.25, -0.2) is 5.48 Å². The lowest BCUT2D eigenvalue weighted by Gasteiger charge is -2.26. The van der Waals surface area contributed by atoms with Crippen molar-refractivity contribution in [2.75, 3.05) is 0 Å². The maximum atomic E-state index is 12.0. The normalized spacial score (nSPS) is 14.9. The number of hydroxylamine groups is 1. The summed E-state index contributed by atoms with van der Waals surface area (Å²) in [7, 11) is 0. The summed E-state index contributed by atoms with van der Waals surface area (Å²) >= 11 is 0. The van der Waals surface area contributed by atoms with Gasteiger partial charge in [0.1, 0.15) is 0 Å². The van der Waals surface area contributed by atoms with Crippen LogP contribution in [0, 0.1) is 0 Å². The standard InChI is InChI=1S/C20H22N2O3/c21-19(23)17-8-4-7-16(18(17)14-5-2-1-3-6-14)13-9-11-15(12-10-13)20(24)22-25/h4,7-12,14,25H,1-3,5-6H2,(H2,21,23)(H,22,24). The Morgan fingerprint density at radius 3 is 2.28 bits per heavy atom. The average molecular weight is 338 g/mol. The Labute approximate surface area is 146 Å². The van der Waals surface area contributed by atoms with Crippen molar-refractivity contribution in [2.24, 2.45) is 5.73 Å². The lowest BCUT2D eigenvalue weighted by Crippen LogP contribution is -2.18. The van der Waals surface area contributed by atoms with Crippen LogP contribution in [0.1, 0.15) is 64.3 Å². The summed E-state index contributed by atoms with van der Waals surface area (Å²) in [5.41, 5.74) is 11.2. The number of nitrogens with one attached hydrogen (secondary N) is 1. The highest BCUT2D eigenvalue weighted by molar-refractivity contribution is 5.97. The Hall–Kier alpha value is -2.66. The first-order valence-corrected chi connectivity index (χ1v) is 8.59. The lowest BCUT2D eigenvalue weighted by atomic mass is 9.78. The van der Waals surface area contributed by atoms with Crippen molar-refractivity contribution in [2.45, 2.75) is 38.0 Å². The molecule has 130 valence electrons. The van der Waals surface area contributed by atoms with Crippen molar-refractivity contribution in [1.29, 1.82) is 0 Å². The van der Waals surface area contributed by atoms with E-state index in [1.165, 1.54) is 6.42 Å². The molecule has 0 radical (unpaired) electrons. The van der Waals surface area contributed by atoms with Gasteiger partial charge in [-0.15, -0.1) is 0 Å². The Balaban J connectivity index is 2.07. The van der Waals surface area contributed by atoms with E-state index in [-0.39, 0.29) is 0 Å². The first-order chi connectivity index (χ1) is 12.1. The van der Waals surface area contributed by atoms with Crippen LogP contribution in [0.2, 0.25) is 0 Å². The zero-order valence-corrected chi connectivity index (χ0v) is 14.0. The van der Waals surface area contributed by atoms with Gasteiger partial charge in [0.2, 0.25) is 5.91 Å². The highest BCUT2D eigenvalue weighted by Crippen LogP contribution is 2.40. The van der Waals surface area contributed by atoms with Crippen molar-refractivity contribution in [3.05, 3.63) is 59.2 Å². The molecule has 25 heavy (non-hydrogen) atoms. The van der Waals surface area contributed by atoms with Crippen LogP contribution < -0.4 is 11.2 Å². The summed E-state index contributed by atoms with van der Waals surface area (Å²) in [5, 5.41) is 8.74. The summed E-state index contributed by atoms with van der Waals surface area (Å²) in [6, 6.07) is 12.6. The Bertz CT molecular complexity index is 778. The van der Waals surface area contributed by atoms with Gasteiger partial charge in [-0.05, 0) is 53.6 Å². The Kier molecular flexibility index (Phi) is 5.14. The summed E-state index contributed by atoms with van der Waals surface area (Å²) in [6.45, 7) is 0. The molecule has 0 atom stereocenters. The third-order valence-corrected chi connectivity index (χ3v) is 4.94. The van der Waals surface area contributed by atoms with Gasteiger partial charge in [-0.1, -0.05) is 43.5 Å². The van der Waals surface area contributed by atoms with E-state index in [0.717, 1.165) is 42.4 Å². The molecule has 2 aromatic rings. The van der Waals surface area contributed by atoms with E-state index in [2.05, 4.69) is 0 Å². The molecule has 5 heteroatoms. The van der Waals surface area contributed by atoms with Gasteiger partial charge in [-0.3, -0.25) is 14.8 Å². The fourth-order valence-corrected chi connectivity index (χ4v) is 3.73. The molecule has 0 saturated heterocycles. The molecular weight excluding hydrogens is 316 g/mol. The number of rotatable bonds is 4. The van der Waals surface area contributed by atoms with Crippen molar-refractivity contribution in [3.63, 3.8) is 0 Å². The number of primary amides is 1. The topological polar surface area (TPSA) is 92.4 Å². The monoisotopic (exact) mass is 338 g/mol. The molecule has 0 aromatic heterocycles. The lowest BCUT2D eigenvalue weighted by molar-refractivity contribution is 0.0706. The van der Waals surface area contributed by atoms with Crippen LogP contribution in [-0.4, -0.2) is 17.0 Å². The first kappa shape index (κ1) is 17.2. The van der Waals surface area contributed by atoms with E-state index in [0.29, 0.717) is 17.0 Å². The van der Waals surface area contributed by atoms with Crippen LogP contribution in [0.3, 0.4) is 0 Å². The second kappa shape index (κ2) is 7.49. The Morgan fingerprint density at radius 2 is 1.68 bits per heavy atom. The third kappa shape index (κ3) is 3.56. The van der Waals surface area contributed by atoms with Gasteiger partial charge < -0.3 is 5.73 Å². The van der Waals surface area contributed by atoms with Gasteiger partial charge in [0.15, 0.2) is 0 Å².